The fourth-order valence-electron chi connectivity index (χ4n) is 6.21. The maximum Gasteiger partial charge on any atom is 0.329 e. The second-order valence-electron chi connectivity index (χ2n) is 11.0. The van der Waals surface area contributed by atoms with Crippen molar-refractivity contribution in [3.8, 4) is 0 Å². The third-order valence-corrected chi connectivity index (χ3v) is 8.50. The van der Waals surface area contributed by atoms with Gasteiger partial charge in [0.15, 0.2) is 0 Å². The molecule has 1 aromatic rings. The predicted molar refractivity (Wildman–Crippen MR) is 140 cm³/mol. The van der Waals surface area contributed by atoms with E-state index < -0.39 is 24.2 Å². The first kappa shape index (κ1) is 27.1. The first-order valence-electron chi connectivity index (χ1n) is 13.9. The Balaban J connectivity index is 1.22. The Hall–Kier alpha value is -3.47. The number of ether oxygens (including phenoxy) is 1. The smallest absolute Gasteiger partial charge is 0.329 e. The van der Waals surface area contributed by atoms with Crippen LogP contribution in [0.2, 0.25) is 0 Å². The van der Waals surface area contributed by atoms with E-state index in [1.54, 1.807) is 42.0 Å². The monoisotopic (exact) mass is 539 g/mol. The van der Waals surface area contributed by atoms with Crippen molar-refractivity contribution >= 4 is 29.6 Å². The number of rotatable bonds is 7. The Morgan fingerprint density at radius 3 is 2.64 bits per heavy atom. The molecule has 0 spiro atoms. The molecule has 0 radical (unpaired) electrons. The van der Waals surface area contributed by atoms with Crippen LogP contribution in [-0.4, -0.2) is 89.3 Å². The number of carbonyl (C=O) groups excluding carboxylic acids is 5. The van der Waals surface area contributed by atoms with Crippen molar-refractivity contribution in [2.75, 3.05) is 13.6 Å². The van der Waals surface area contributed by atoms with Crippen molar-refractivity contribution < 1.29 is 28.7 Å². The summed E-state index contributed by atoms with van der Waals surface area (Å²) in [4.78, 5) is 67.6. The topological polar surface area (TPSA) is 137 Å². The van der Waals surface area contributed by atoms with Gasteiger partial charge in [0, 0.05) is 24.6 Å². The second kappa shape index (κ2) is 11.3. The van der Waals surface area contributed by atoms with Gasteiger partial charge >= 0.3 is 5.97 Å². The van der Waals surface area contributed by atoms with Gasteiger partial charge in [-0.25, -0.2) is 4.79 Å². The highest BCUT2D eigenvalue weighted by atomic mass is 16.6. The lowest BCUT2D eigenvalue weighted by Gasteiger charge is -2.35. The van der Waals surface area contributed by atoms with E-state index in [-0.39, 0.29) is 48.3 Å². The summed E-state index contributed by atoms with van der Waals surface area (Å²) in [6.07, 6.45) is 4.82. The summed E-state index contributed by atoms with van der Waals surface area (Å²) in [7, 11) is 1.69. The third-order valence-electron chi connectivity index (χ3n) is 8.50. The minimum Gasteiger partial charge on any atom is -0.459 e. The number of hydrogen-bond donors (Lipinski definition) is 3. The summed E-state index contributed by atoms with van der Waals surface area (Å²) >= 11 is 0. The van der Waals surface area contributed by atoms with Crippen molar-refractivity contribution in [1.82, 2.24) is 25.8 Å². The number of hydrogen-bond acceptors (Lipinski definition) is 7. The number of nitrogens with one attached hydrogen (secondary N) is 3. The first-order chi connectivity index (χ1) is 18.8. The first-order valence-corrected chi connectivity index (χ1v) is 13.9. The van der Waals surface area contributed by atoms with Crippen LogP contribution in [0.1, 0.15) is 67.8 Å². The Bertz CT molecular complexity index is 1160. The molecule has 11 heteroatoms. The zero-order chi connectivity index (χ0) is 27.7. The Morgan fingerprint density at radius 1 is 1.10 bits per heavy atom. The summed E-state index contributed by atoms with van der Waals surface area (Å²) in [6.45, 7) is 2.35. The average molecular weight is 540 g/mol. The SMILES string of the molecule is CN[C@@H](C)C(=O)N[C@H]1CCCC[C@H]2CC[C@@H](C(=O)NCc3cccc(C(=O)N4C[C@H]5C[C@@H]4C(=O)O5)c3)N2C1=O. The van der Waals surface area contributed by atoms with Gasteiger partial charge in [-0.3, -0.25) is 19.2 Å². The minimum absolute atomic E-state index is 0.0156. The zero-order valence-corrected chi connectivity index (χ0v) is 22.5. The predicted octanol–water partition coefficient (Wildman–Crippen LogP) is 0.469. The summed E-state index contributed by atoms with van der Waals surface area (Å²) in [5, 5.41) is 8.73. The summed E-state index contributed by atoms with van der Waals surface area (Å²) in [6, 6.07) is 4.81. The molecule has 4 heterocycles. The summed E-state index contributed by atoms with van der Waals surface area (Å²) < 4.78 is 5.18. The Labute approximate surface area is 228 Å². The van der Waals surface area contributed by atoms with Crippen molar-refractivity contribution in [1.29, 1.82) is 0 Å². The standard InChI is InChI=1S/C28H37N5O6/c1-16(29-2)24(34)31-21-9-4-3-8-19-10-11-22(33(19)27(21)37)25(35)30-14-17-6-5-7-18(12-17)26(36)32-15-20-13-23(32)28(38)39-20/h5-7,12,16,19-23,29H,3-4,8-11,13-15H2,1-2H3,(H,30,35)(H,31,34)/t16-,19-,20+,21-,22-,23+/m0/s1. The zero-order valence-electron chi connectivity index (χ0n) is 22.5. The molecule has 0 aliphatic carbocycles. The number of carbonyl (C=O) groups is 5. The lowest BCUT2D eigenvalue weighted by molar-refractivity contribution is -0.149. The molecule has 4 aliphatic rings. The largest absolute Gasteiger partial charge is 0.459 e. The highest BCUT2D eigenvalue weighted by Gasteiger charge is 2.48. The highest BCUT2D eigenvalue weighted by molar-refractivity contribution is 5.98. The quantitative estimate of drug-likeness (QED) is 0.429. The normalized spacial score (nSPS) is 28.8. The van der Waals surface area contributed by atoms with Crippen molar-refractivity contribution in [2.24, 2.45) is 0 Å². The molecule has 1 aromatic carbocycles. The number of esters is 1. The lowest BCUT2D eigenvalue weighted by Crippen LogP contribution is -2.57. The fraction of sp³-hybridized carbons (Fsp3) is 0.607. The highest BCUT2D eigenvalue weighted by Crippen LogP contribution is 2.32. The fourth-order valence-corrected chi connectivity index (χ4v) is 6.21. The number of likely N-dealkylation sites (tertiary alicyclic amines) is 1. The lowest BCUT2D eigenvalue weighted by atomic mass is 9.98. The molecule has 210 valence electrons. The molecule has 6 atom stereocenters. The van der Waals surface area contributed by atoms with Crippen LogP contribution in [0.4, 0.5) is 0 Å². The van der Waals surface area contributed by atoms with Crippen molar-refractivity contribution in [3.05, 3.63) is 35.4 Å². The molecule has 0 aromatic heterocycles. The van der Waals surface area contributed by atoms with E-state index in [0.29, 0.717) is 31.4 Å². The maximum absolute atomic E-state index is 13.6. The Kier molecular flexibility index (Phi) is 7.88. The van der Waals surface area contributed by atoms with Gasteiger partial charge < -0.3 is 30.5 Å². The van der Waals surface area contributed by atoms with Crippen LogP contribution in [0, 0.1) is 0 Å². The van der Waals surface area contributed by atoms with E-state index in [9.17, 15) is 24.0 Å². The van der Waals surface area contributed by atoms with Crippen LogP contribution in [0.25, 0.3) is 0 Å². The molecule has 4 aliphatic heterocycles. The number of fused-ring (bicyclic) bond motifs is 3. The van der Waals surface area contributed by atoms with E-state index in [2.05, 4.69) is 16.0 Å². The molecule has 39 heavy (non-hydrogen) atoms. The number of nitrogens with zero attached hydrogens (tertiary/aromatic N) is 2. The number of benzene rings is 1. The molecule has 0 unspecified atom stereocenters. The van der Waals surface area contributed by atoms with Crippen LogP contribution in [-0.2, 0) is 30.5 Å². The third kappa shape index (κ3) is 5.50. The average Bonchev–Trinajstić information content (AvgIpc) is 3.65. The molecule has 3 N–H and O–H groups in total. The van der Waals surface area contributed by atoms with Gasteiger partial charge in [-0.2, -0.15) is 0 Å². The van der Waals surface area contributed by atoms with Gasteiger partial charge in [-0.15, -0.1) is 0 Å². The van der Waals surface area contributed by atoms with E-state index in [4.69, 9.17) is 4.74 Å². The molecule has 11 nitrogen and oxygen atoms in total. The summed E-state index contributed by atoms with van der Waals surface area (Å²) in [5.41, 5.74) is 1.21. The summed E-state index contributed by atoms with van der Waals surface area (Å²) in [5.74, 6) is -1.24. The van der Waals surface area contributed by atoms with Crippen LogP contribution in [0.5, 0.6) is 0 Å². The van der Waals surface area contributed by atoms with E-state index >= 15 is 0 Å². The molecule has 4 saturated heterocycles. The van der Waals surface area contributed by atoms with Gasteiger partial charge in [0.05, 0.1) is 12.6 Å². The number of morpholine rings is 1. The molecule has 4 amide bonds. The van der Waals surface area contributed by atoms with E-state index in [1.165, 1.54) is 0 Å². The maximum atomic E-state index is 13.6. The molecule has 5 rings (SSSR count). The van der Waals surface area contributed by atoms with Crippen molar-refractivity contribution in [3.63, 3.8) is 0 Å². The number of amides is 4. The van der Waals surface area contributed by atoms with Crippen LogP contribution >= 0.6 is 0 Å². The molecule has 4 fully saturated rings. The van der Waals surface area contributed by atoms with Crippen LogP contribution in [0.15, 0.2) is 24.3 Å². The van der Waals surface area contributed by atoms with E-state index in [0.717, 1.165) is 31.2 Å². The van der Waals surface area contributed by atoms with Gasteiger partial charge in [0.1, 0.15) is 24.2 Å². The van der Waals surface area contributed by atoms with Crippen molar-refractivity contribution in [2.45, 2.75) is 94.7 Å². The Morgan fingerprint density at radius 2 is 1.90 bits per heavy atom. The van der Waals surface area contributed by atoms with Crippen LogP contribution in [0.3, 0.4) is 0 Å². The van der Waals surface area contributed by atoms with Gasteiger partial charge in [0.2, 0.25) is 17.7 Å². The van der Waals surface area contributed by atoms with Crippen LogP contribution < -0.4 is 16.0 Å². The second-order valence-corrected chi connectivity index (χ2v) is 11.0. The van der Waals surface area contributed by atoms with Gasteiger partial charge in [-0.05, 0) is 57.4 Å². The van der Waals surface area contributed by atoms with Gasteiger partial charge in [0.25, 0.3) is 5.91 Å². The minimum atomic E-state index is -0.648. The molecule has 2 bridgehead atoms. The molecular formula is C28H37N5O6. The van der Waals surface area contributed by atoms with Gasteiger partial charge in [-0.1, -0.05) is 25.0 Å². The molecular weight excluding hydrogens is 502 g/mol. The number of likely N-dealkylation sites (N-methyl/N-ethyl adjacent to an activating group) is 1. The molecule has 0 saturated carbocycles. The van der Waals surface area contributed by atoms with E-state index in [1.807, 2.05) is 6.07 Å².